The molecule has 4 heteroatoms. The molecule has 1 aliphatic heterocycles. The van der Waals surface area contributed by atoms with Gasteiger partial charge in [-0.15, -0.1) is 0 Å². The standard InChI is InChI=1S/C10H20N2O2/c1-7-5-10(11,6-8(13)14)9(2,3)12(7)4/h7H,5-6,11H2,1-4H3,(H,13,14). The van der Waals surface area contributed by atoms with Gasteiger partial charge in [-0.3, -0.25) is 9.69 Å². The first kappa shape index (κ1) is 11.5. The number of carboxylic acid groups (broad SMARTS) is 1. The summed E-state index contributed by atoms with van der Waals surface area (Å²) in [6, 6.07) is 0.342. The van der Waals surface area contributed by atoms with Gasteiger partial charge in [0.1, 0.15) is 0 Å². The monoisotopic (exact) mass is 200 g/mol. The molecule has 1 rings (SSSR count). The van der Waals surface area contributed by atoms with E-state index in [0.717, 1.165) is 6.42 Å². The van der Waals surface area contributed by atoms with Crippen LogP contribution in [0.15, 0.2) is 0 Å². The largest absolute Gasteiger partial charge is 0.481 e. The van der Waals surface area contributed by atoms with Crippen molar-refractivity contribution >= 4 is 5.97 Å². The normalized spacial score (nSPS) is 37.4. The highest BCUT2D eigenvalue weighted by Crippen LogP contribution is 2.40. The van der Waals surface area contributed by atoms with Crippen molar-refractivity contribution in [3.8, 4) is 0 Å². The maximum absolute atomic E-state index is 10.8. The Labute approximate surface area is 85.1 Å². The van der Waals surface area contributed by atoms with Gasteiger partial charge in [-0.25, -0.2) is 0 Å². The number of nitrogens with two attached hydrogens (primary N) is 1. The van der Waals surface area contributed by atoms with Crippen LogP contribution in [0.2, 0.25) is 0 Å². The summed E-state index contributed by atoms with van der Waals surface area (Å²) < 4.78 is 0. The number of aliphatic carboxylic acids is 1. The van der Waals surface area contributed by atoms with E-state index in [1.165, 1.54) is 0 Å². The molecule has 2 unspecified atom stereocenters. The molecule has 0 bridgehead atoms. The lowest BCUT2D eigenvalue weighted by molar-refractivity contribution is -0.139. The fourth-order valence-electron chi connectivity index (χ4n) is 2.37. The number of likely N-dealkylation sites (tertiary alicyclic amines) is 1. The number of likely N-dealkylation sites (N-methyl/N-ethyl adjacent to an activating group) is 1. The van der Waals surface area contributed by atoms with Crippen molar-refractivity contribution < 1.29 is 9.90 Å². The highest BCUT2D eigenvalue weighted by Gasteiger charge is 2.53. The predicted molar refractivity (Wildman–Crippen MR) is 55.1 cm³/mol. The third-order valence-electron chi connectivity index (χ3n) is 3.89. The molecule has 82 valence electrons. The minimum absolute atomic E-state index is 0.0364. The summed E-state index contributed by atoms with van der Waals surface area (Å²) in [4.78, 5) is 12.9. The van der Waals surface area contributed by atoms with Crippen molar-refractivity contribution in [1.82, 2.24) is 4.90 Å². The summed E-state index contributed by atoms with van der Waals surface area (Å²) >= 11 is 0. The van der Waals surface area contributed by atoms with Gasteiger partial charge in [0.15, 0.2) is 0 Å². The van der Waals surface area contributed by atoms with Gasteiger partial charge in [0.05, 0.1) is 6.42 Å². The SMILES string of the molecule is CC1CC(N)(CC(=O)O)C(C)(C)N1C. The van der Waals surface area contributed by atoms with E-state index in [1.54, 1.807) is 0 Å². The summed E-state index contributed by atoms with van der Waals surface area (Å²) in [5, 5.41) is 8.85. The van der Waals surface area contributed by atoms with Crippen molar-refractivity contribution in [2.24, 2.45) is 5.73 Å². The Morgan fingerprint density at radius 3 is 2.43 bits per heavy atom. The van der Waals surface area contributed by atoms with E-state index in [4.69, 9.17) is 10.8 Å². The maximum atomic E-state index is 10.8. The summed E-state index contributed by atoms with van der Waals surface area (Å²) in [5.41, 5.74) is 5.32. The van der Waals surface area contributed by atoms with Crippen LogP contribution < -0.4 is 5.73 Å². The van der Waals surface area contributed by atoms with E-state index in [9.17, 15) is 4.79 Å². The molecule has 2 atom stereocenters. The third-order valence-corrected chi connectivity index (χ3v) is 3.89. The van der Waals surface area contributed by atoms with Crippen LogP contribution in [0.4, 0.5) is 0 Å². The average molecular weight is 200 g/mol. The van der Waals surface area contributed by atoms with Crippen molar-refractivity contribution in [2.45, 2.75) is 50.7 Å². The molecule has 0 aromatic carbocycles. The molecule has 4 nitrogen and oxygen atoms in total. The first-order chi connectivity index (χ1) is 6.21. The Balaban J connectivity index is 2.94. The number of carbonyl (C=O) groups is 1. The second-order valence-corrected chi connectivity index (χ2v) is 4.95. The molecule has 0 amide bonds. The van der Waals surface area contributed by atoms with Crippen molar-refractivity contribution in [3.05, 3.63) is 0 Å². The third kappa shape index (κ3) is 1.53. The second-order valence-electron chi connectivity index (χ2n) is 4.95. The Bertz CT molecular complexity index is 253. The van der Waals surface area contributed by atoms with Gasteiger partial charge in [0, 0.05) is 17.1 Å². The number of hydrogen-bond donors (Lipinski definition) is 2. The van der Waals surface area contributed by atoms with Gasteiger partial charge >= 0.3 is 5.97 Å². The lowest BCUT2D eigenvalue weighted by Crippen LogP contribution is -2.59. The molecular formula is C10H20N2O2. The Morgan fingerprint density at radius 1 is 1.64 bits per heavy atom. The molecule has 14 heavy (non-hydrogen) atoms. The quantitative estimate of drug-likeness (QED) is 0.687. The van der Waals surface area contributed by atoms with Crippen molar-refractivity contribution in [2.75, 3.05) is 7.05 Å². The van der Waals surface area contributed by atoms with E-state index < -0.39 is 11.5 Å². The molecule has 0 aromatic rings. The zero-order valence-corrected chi connectivity index (χ0v) is 9.37. The molecule has 3 N–H and O–H groups in total. The predicted octanol–water partition coefficient (Wildman–Crippen LogP) is 0.661. The topological polar surface area (TPSA) is 66.6 Å². The highest BCUT2D eigenvalue weighted by atomic mass is 16.4. The molecule has 0 saturated carbocycles. The zero-order chi connectivity index (χ0) is 11.1. The van der Waals surface area contributed by atoms with E-state index >= 15 is 0 Å². The van der Waals surface area contributed by atoms with Gasteiger partial charge in [-0.05, 0) is 34.2 Å². The van der Waals surface area contributed by atoms with Crippen LogP contribution in [0.5, 0.6) is 0 Å². The Hall–Kier alpha value is -0.610. The molecule has 0 radical (unpaired) electrons. The summed E-state index contributed by atoms with van der Waals surface area (Å²) in [7, 11) is 2.00. The maximum Gasteiger partial charge on any atom is 0.305 e. The lowest BCUT2D eigenvalue weighted by atomic mass is 9.78. The minimum atomic E-state index is -0.817. The van der Waals surface area contributed by atoms with Crippen LogP contribution >= 0.6 is 0 Å². The summed E-state index contributed by atoms with van der Waals surface area (Å²) in [6.45, 7) is 6.11. The van der Waals surface area contributed by atoms with Gasteiger partial charge < -0.3 is 10.8 Å². The van der Waals surface area contributed by atoms with Gasteiger partial charge in [0.25, 0.3) is 0 Å². The number of rotatable bonds is 2. The van der Waals surface area contributed by atoms with Crippen LogP contribution in [0, 0.1) is 0 Å². The molecular weight excluding hydrogens is 180 g/mol. The lowest BCUT2D eigenvalue weighted by Gasteiger charge is -2.41. The number of carboxylic acids is 1. The van der Waals surface area contributed by atoms with Crippen molar-refractivity contribution in [3.63, 3.8) is 0 Å². The molecule has 0 aromatic heterocycles. The van der Waals surface area contributed by atoms with Gasteiger partial charge in [0.2, 0.25) is 0 Å². The van der Waals surface area contributed by atoms with Crippen LogP contribution in [-0.4, -0.2) is 40.1 Å². The average Bonchev–Trinajstić information content (AvgIpc) is 2.11. The highest BCUT2D eigenvalue weighted by molar-refractivity contribution is 5.69. The second kappa shape index (κ2) is 3.21. The van der Waals surface area contributed by atoms with Gasteiger partial charge in [-0.1, -0.05) is 0 Å². The smallest absolute Gasteiger partial charge is 0.305 e. The summed E-state index contributed by atoms with van der Waals surface area (Å²) in [5.74, 6) is -0.817. The number of nitrogens with zero attached hydrogens (tertiary/aromatic N) is 1. The molecule has 1 aliphatic rings. The number of hydrogen-bond acceptors (Lipinski definition) is 3. The molecule has 1 heterocycles. The van der Waals surface area contributed by atoms with Crippen LogP contribution in [0.3, 0.4) is 0 Å². The molecule has 0 spiro atoms. The Kier molecular flexibility index (Phi) is 2.63. The first-order valence-corrected chi connectivity index (χ1v) is 4.94. The summed E-state index contributed by atoms with van der Waals surface area (Å²) in [6.07, 6.45) is 0.775. The Morgan fingerprint density at radius 2 is 2.14 bits per heavy atom. The van der Waals surface area contributed by atoms with Crippen LogP contribution in [0.25, 0.3) is 0 Å². The molecule has 1 fully saturated rings. The molecule has 1 saturated heterocycles. The zero-order valence-electron chi connectivity index (χ0n) is 9.37. The first-order valence-electron chi connectivity index (χ1n) is 4.94. The van der Waals surface area contributed by atoms with Gasteiger partial charge in [-0.2, -0.15) is 0 Å². The fraction of sp³-hybridized carbons (Fsp3) is 0.900. The van der Waals surface area contributed by atoms with E-state index in [-0.39, 0.29) is 12.0 Å². The van der Waals surface area contributed by atoms with Crippen molar-refractivity contribution in [1.29, 1.82) is 0 Å². The van der Waals surface area contributed by atoms with E-state index in [1.807, 2.05) is 20.9 Å². The molecule has 0 aliphatic carbocycles. The van der Waals surface area contributed by atoms with Crippen LogP contribution in [-0.2, 0) is 4.79 Å². The van der Waals surface area contributed by atoms with E-state index in [0.29, 0.717) is 6.04 Å². The van der Waals surface area contributed by atoms with Crippen LogP contribution in [0.1, 0.15) is 33.6 Å². The fourth-order valence-corrected chi connectivity index (χ4v) is 2.37. The minimum Gasteiger partial charge on any atom is -0.481 e. The van der Waals surface area contributed by atoms with E-state index in [2.05, 4.69) is 11.8 Å².